The monoisotopic (exact) mass is 862 g/mol. The number of aromatic amines is 2. The molecule has 0 atom stereocenters. The molecule has 0 saturated carbocycles. The Morgan fingerprint density at radius 3 is 0.691 bits per heavy atom. The van der Waals surface area contributed by atoms with Crippen molar-refractivity contribution in [2.75, 3.05) is 0 Å². The van der Waals surface area contributed by atoms with Gasteiger partial charge >= 0.3 is 0 Å². The van der Waals surface area contributed by atoms with Crippen LogP contribution >= 0.6 is 0 Å². The van der Waals surface area contributed by atoms with Crippen LogP contribution in [0.3, 0.4) is 0 Å². The average Bonchev–Trinajstić information content (AvgIpc) is 4.24. The first kappa shape index (κ1) is 40.0. The van der Waals surface area contributed by atoms with E-state index in [0.717, 1.165) is 118 Å². The van der Waals surface area contributed by atoms with Crippen molar-refractivity contribution in [3.8, 4) is 44.5 Å². The fourth-order valence-electron chi connectivity index (χ4n) is 10.5. The molecule has 4 aromatic carbocycles. The Balaban J connectivity index is 1.09. The van der Waals surface area contributed by atoms with E-state index in [1.807, 2.05) is 0 Å². The maximum Gasteiger partial charge on any atom is 0.183 e. The molecule has 0 aliphatic carbocycles. The van der Waals surface area contributed by atoms with Crippen molar-refractivity contribution in [2.45, 2.75) is 0 Å². The van der Waals surface area contributed by atoms with Crippen molar-refractivity contribution in [3.63, 3.8) is 0 Å². The van der Waals surface area contributed by atoms with Gasteiger partial charge in [-0.1, -0.05) is 168 Å². The van der Waals surface area contributed by atoms with Crippen LogP contribution in [0.1, 0.15) is 45.0 Å². The molecule has 6 aliphatic heterocycles. The molecule has 4 nitrogen and oxygen atoms in total. The number of hydrogen-bond donors (Lipinski definition) is 2. The van der Waals surface area contributed by atoms with E-state index in [2.05, 4.69) is 228 Å². The fourth-order valence-corrected chi connectivity index (χ4v) is 10.5. The maximum absolute atomic E-state index is 5.58. The van der Waals surface area contributed by atoms with E-state index in [-0.39, 0.29) is 0 Å². The number of allylic oxidation sites excluding steroid dienone is 8. The second-order valence-corrected chi connectivity index (χ2v) is 18.1. The van der Waals surface area contributed by atoms with Gasteiger partial charge in [-0.2, -0.15) is 0 Å². The lowest BCUT2D eigenvalue weighted by Crippen LogP contribution is -1.92. The Kier molecular flexibility index (Phi) is 9.89. The van der Waals surface area contributed by atoms with Crippen LogP contribution in [0.4, 0.5) is 0 Å². The summed E-state index contributed by atoms with van der Waals surface area (Å²) in [5.41, 5.74) is 26.3. The lowest BCUT2D eigenvalue weighted by Gasteiger charge is -2.09. The molecule has 0 spiro atoms. The molecule has 314 valence electrons. The number of nitrogens with zero attached hydrogens (tertiary/aromatic N) is 2. The van der Waals surface area contributed by atoms with E-state index in [9.17, 15) is 0 Å². The van der Waals surface area contributed by atoms with Crippen LogP contribution in [-0.2, 0) is 0 Å². The van der Waals surface area contributed by atoms with Gasteiger partial charge in [-0.25, -0.2) is 9.97 Å². The molecule has 0 radical (unpaired) electrons. The summed E-state index contributed by atoms with van der Waals surface area (Å²) in [5.74, 6) is 8.86. The summed E-state index contributed by atoms with van der Waals surface area (Å²) >= 11 is 0. The zero-order chi connectivity index (χ0) is 45.0. The molecule has 0 fully saturated rings. The zero-order valence-corrected chi connectivity index (χ0v) is 37.5. The minimum Gasteiger partial charge on any atom is -0.354 e. The highest BCUT2D eigenvalue weighted by Crippen LogP contribution is 2.40. The van der Waals surface area contributed by atoms with Gasteiger partial charge in [0.25, 0.3) is 0 Å². The second-order valence-electron chi connectivity index (χ2n) is 18.1. The third-order valence-electron chi connectivity index (χ3n) is 14.0. The van der Waals surface area contributed by atoms with Crippen molar-refractivity contribution in [1.29, 1.82) is 0 Å². The van der Waals surface area contributed by atoms with Gasteiger partial charge in [-0.05, 0) is 93.1 Å². The Labute approximate surface area is 398 Å². The number of hydrogen-bond acceptors (Lipinski definition) is 2. The summed E-state index contributed by atoms with van der Waals surface area (Å²) in [7, 11) is 3.80. The third kappa shape index (κ3) is 7.26. The molecule has 0 amide bonds. The largest absolute Gasteiger partial charge is 0.354 e. The van der Waals surface area contributed by atoms with Crippen molar-refractivity contribution in [2.24, 2.45) is 0 Å². The van der Waals surface area contributed by atoms with Gasteiger partial charge < -0.3 is 9.97 Å². The van der Waals surface area contributed by atoms with Crippen LogP contribution < -0.4 is 0 Å². The predicted molar refractivity (Wildman–Crippen MR) is 298 cm³/mol. The van der Waals surface area contributed by atoms with Crippen LogP contribution in [0, 0.1) is 0 Å². The van der Waals surface area contributed by atoms with E-state index in [4.69, 9.17) is 9.97 Å². The second kappa shape index (κ2) is 16.8. The highest BCUT2D eigenvalue weighted by molar-refractivity contribution is 6.68. The van der Waals surface area contributed by atoms with Crippen LogP contribution in [0.15, 0.2) is 194 Å². The molecular formula is C60H42B4N4. The molecular weight excluding hydrogens is 820 g/mol. The molecule has 9 heterocycles. The number of rotatable bonds is 8. The third-order valence-corrected chi connectivity index (χ3v) is 14.0. The van der Waals surface area contributed by atoms with Crippen molar-refractivity contribution in [3.05, 3.63) is 239 Å². The topological polar surface area (TPSA) is 57.4 Å². The summed E-state index contributed by atoms with van der Waals surface area (Å²) in [6.07, 6.45) is 26.2. The fraction of sp³-hybridized carbons (Fsp3) is 0. The highest BCUT2D eigenvalue weighted by Gasteiger charge is 2.20. The Bertz CT molecular complexity index is 3250. The van der Waals surface area contributed by atoms with Gasteiger partial charge in [0, 0.05) is 44.3 Å². The molecule has 7 aromatic rings. The molecule has 0 unspecified atom stereocenters. The zero-order valence-electron chi connectivity index (χ0n) is 37.5. The summed E-state index contributed by atoms with van der Waals surface area (Å²) in [6, 6.07) is 44.8. The molecule has 0 saturated heterocycles. The minimum atomic E-state index is 0.899. The van der Waals surface area contributed by atoms with Crippen LogP contribution in [-0.4, -0.2) is 49.1 Å². The van der Waals surface area contributed by atoms with Gasteiger partial charge in [-0.15, -0.1) is 23.9 Å². The van der Waals surface area contributed by atoms with Crippen molar-refractivity contribution in [1.82, 2.24) is 19.9 Å². The standard InChI is InChI=1S/C60H42B4N4/c1-5-45(61-33-1)37-9-17-41(18-10-37)57-49-25-27-51(65-49)58(42-19-11-38(12-20-42)46-6-2-34-62-46)53-29-31-55(67-53)60(44-23-15-40(16-24-44)48-8-4-36-64-48)56-32-30-54(68-56)59(52-28-26-50(57)66-52)43-21-13-39(14-22-43)47-7-3-35-63-47/h1-36,61-65,68H. The number of benzene rings is 4. The maximum atomic E-state index is 5.58. The minimum absolute atomic E-state index is 0.899. The van der Waals surface area contributed by atoms with Crippen molar-refractivity contribution < 1.29 is 0 Å². The summed E-state index contributed by atoms with van der Waals surface area (Å²) < 4.78 is 0. The molecule has 6 aliphatic rings. The summed E-state index contributed by atoms with van der Waals surface area (Å²) in [5, 5.41) is 0. The normalized spacial score (nSPS) is 14.9. The predicted octanol–water partition coefficient (Wildman–Crippen LogP) is 12.5. The molecule has 8 heteroatoms. The van der Waals surface area contributed by atoms with E-state index >= 15 is 0 Å². The molecule has 3 aromatic heterocycles. The van der Waals surface area contributed by atoms with Crippen LogP contribution in [0.5, 0.6) is 0 Å². The lowest BCUT2D eigenvalue weighted by molar-refractivity contribution is 1.31. The van der Waals surface area contributed by atoms with E-state index in [1.54, 1.807) is 0 Å². The van der Waals surface area contributed by atoms with Crippen molar-refractivity contribution >= 4 is 97.4 Å². The molecule has 68 heavy (non-hydrogen) atoms. The van der Waals surface area contributed by atoms with Gasteiger partial charge in [-0.3, -0.25) is 0 Å². The quantitative estimate of drug-likeness (QED) is 0.150. The number of fused-ring (bicyclic) bond motifs is 8. The Morgan fingerprint density at radius 1 is 0.265 bits per heavy atom. The van der Waals surface area contributed by atoms with E-state index < -0.39 is 0 Å². The first-order chi connectivity index (χ1) is 33.7. The first-order valence-corrected chi connectivity index (χ1v) is 23.7. The Hall–Kier alpha value is -8.34. The van der Waals surface area contributed by atoms with E-state index in [0.29, 0.717) is 0 Å². The molecule has 2 N–H and O–H groups in total. The lowest BCUT2D eigenvalue weighted by atomic mass is 9.70. The number of H-pyrrole nitrogens is 2. The average molecular weight is 862 g/mol. The number of aromatic nitrogens is 4. The summed E-state index contributed by atoms with van der Waals surface area (Å²) in [6.45, 7) is 0. The van der Waals surface area contributed by atoms with Crippen LogP contribution in [0.2, 0.25) is 0 Å². The van der Waals surface area contributed by atoms with Gasteiger partial charge in [0.2, 0.25) is 0 Å². The molecule has 13 rings (SSSR count). The van der Waals surface area contributed by atoms with Gasteiger partial charge in [0.15, 0.2) is 29.1 Å². The molecule has 8 bridgehead atoms. The first-order valence-electron chi connectivity index (χ1n) is 23.7. The highest BCUT2D eigenvalue weighted by atomic mass is 14.8. The van der Waals surface area contributed by atoms with E-state index in [1.165, 1.54) is 44.1 Å². The smallest absolute Gasteiger partial charge is 0.183 e. The Morgan fingerprint density at radius 2 is 0.485 bits per heavy atom. The van der Waals surface area contributed by atoms with Gasteiger partial charge in [0.05, 0.1) is 22.8 Å². The summed E-state index contributed by atoms with van der Waals surface area (Å²) in [4.78, 5) is 19.0. The van der Waals surface area contributed by atoms with Gasteiger partial charge in [0.1, 0.15) is 0 Å². The number of nitrogens with one attached hydrogen (secondary N) is 2. The van der Waals surface area contributed by atoms with Crippen LogP contribution in [0.25, 0.3) is 113 Å². The SMILES string of the molecule is B1C=CC=C1c1ccc(-c2c3nc(c(-c4ccc(C5=CC=CB5)cc4)c4ccc([nH]4)c(-c4ccc(C5=CC=CB5)cc4)c4nc(c(-c5ccc(C6=CC=CB6)cc5)c5ccc2[nH]5)C=C4)C=C3)cc1.